The van der Waals surface area contributed by atoms with Crippen molar-refractivity contribution in [2.45, 2.75) is 32.3 Å². The lowest BCUT2D eigenvalue weighted by molar-refractivity contribution is 0.0158. The van der Waals surface area contributed by atoms with Crippen LogP contribution < -0.4 is 15.4 Å². The van der Waals surface area contributed by atoms with Crippen LogP contribution in [-0.4, -0.2) is 54.1 Å². The van der Waals surface area contributed by atoms with E-state index in [0.29, 0.717) is 24.8 Å². The summed E-state index contributed by atoms with van der Waals surface area (Å²) in [5, 5.41) is 8.78. The highest BCUT2D eigenvalue weighted by Crippen LogP contribution is 2.30. The predicted molar refractivity (Wildman–Crippen MR) is 80.5 cm³/mol. The van der Waals surface area contributed by atoms with Gasteiger partial charge in [-0.2, -0.15) is 4.98 Å². The fraction of sp³-hybridized carbons (Fsp3) is 0.714. The molecule has 0 aliphatic carbocycles. The summed E-state index contributed by atoms with van der Waals surface area (Å²) in [7, 11) is 0. The third-order valence-corrected chi connectivity index (χ3v) is 3.46. The Bertz CT molecular complexity index is 436. The van der Waals surface area contributed by atoms with Crippen molar-refractivity contribution in [3.05, 3.63) is 6.33 Å². The topological polar surface area (TPSA) is 93.7 Å². The Morgan fingerprint density at radius 1 is 1.33 bits per heavy atom. The number of nitrogens with zero attached hydrogens (tertiary/aromatic N) is 3. The Morgan fingerprint density at radius 2 is 2.10 bits per heavy atom. The normalized spacial score (nSPS) is 16.2. The molecule has 0 saturated carbocycles. The molecular weight excluding hydrogens is 272 g/mol. The quantitative estimate of drug-likeness (QED) is 0.769. The number of piperidine rings is 1. The molecule has 1 aliphatic heterocycles. The van der Waals surface area contributed by atoms with E-state index >= 15 is 0 Å². The molecule has 7 heteroatoms. The molecule has 0 amide bonds. The third kappa shape index (κ3) is 4.18. The minimum absolute atomic E-state index is 0.0667. The molecule has 0 bridgehead atoms. The first-order valence-electron chi connectivity index (χ1n) is 7.47. The van der Waals surface area contributed by atoms with Gasteiger partial charge in [0.2, 0.25) is 5.88 Å². The molecule has 0 atom stereocenters. The van der Waals surface area contributed by atoms with Crippen LogP contribution in [0.5, 0.6) is 5.88 Å². The van der Waals surface area contributed by atoms with E-state index in [-0.39, 0.29) is 12.7 Å². The molecule has 21 heavy (non-hydrogen) atoms. The number of rotatable bonds is 7. The number of nitrogen functional groups attached to an aromatic ring is 1. The average molecular weight is 296 g/mol. The van der Waals surface area contributed by atoms with Gasteiger partial charge in [0.1, 0.15) is 12.0 Å². The summed E-state index contributed by atoms with van der Waals surface area (Å²) in [5.41, 5.74) is 6.61. The first-order chi connectivity index (χ1) is 10.3. The van der Waals surface area contributed by atoms with E-state index in [1.165, 1.54) is 6.33 Å². The van der Waals surface area contributed by atoms with Crippen LogP contribution in [0.2, 0.25) is 0 Å². The van der Waals surface area contributed by atoms with Gasteiger partial charge in [-0.1, -0.05) is 6.92 Å². The lowest BCUT2D eigenvalue weighted by Crippen LogP contribution is -2.38. The molecule has 118 valence electrons. The van der Waals surface area contributed by atoms with Crippen LogP contribution in [0.1, 0.15) is 26.2 Å². The van der Waals surface area contributed by atoms with Crippen molar-refractivity contribution in [1.29, 1.82) is 0 Å². The van der Waals surface area contributed by atoms with E-state index in [9.17, 15) is 0 Å². The fourth-order valence-electron chi connectivity index (χ4n) is 2.39. The standard InChI is InChI=1S/C14H24N4O3/c1-2-8-21-14-12(15)13(16-10-17-14)18-5-3-11(4-6-18)20-9-7-19/h10-11,19H,2-9,15H2,1H3. The summed E-state index contributed by atoms with van der Waals surface area (Å²) < 4.78 is 11.1. The second kappa shape index (κ2) is 7.99. The van der Waals surface area contributed by atoms with Crippen LogP contribution in [0.15, 0.2) is 6.33 Å². The molecule has 2 rings (SSSR count). The predicted octanol–water partition coefficient (Wildman–Crippen LogP) is 0.825. The number of aliphatic hydroxyl groups excluding tert-OH is 1. The molecule has 1 saturated heterocycles. The molecular formula is C14H24N4O3. The van der Waals surface area contributed by atoms with Crippen molar-refractivity contribution in [1.82, 2.24) is 9.97 Å². The Labute approximate surface area is 125 Å². The van der Waals surface area contributed by atoms with Crippen molar-refractivity contribution < 1.29 is 14.6 Å². The number of hydrogen-bond acceptors (Lipinski definition) is 7. The smallest absolute Gasteiger partial charge is 0.242 e. The van der Waals surface area contributed by atoms with Crippen molar-refractivity contribution in [2.24, 2.45) is 0 Å². The number of nitrogens with two attached hydrogens (primary N) is 1. The van der Waals surface area contributed by atoms with Crippen LogP contribution in [0.25, 0.3) is 0 Å². The molecule has 0 unspecified atom stereocenters. The highest BCUT2D eigenvalue weighted by atomic mass is 16.5. The highest BCUT2D eigenvalue weighted by molar-refractivity contribution is 5.67. The summed E-state index contributed by atoms with van der Waals surface area (Å²) in [6, 6.07) is 0. The lowest BCUT2D eigenvalue weighted by Gasteiger charge is -2.33. The number of aliphatic hydroxyl groups is 1. The van der Waals surface area contributed by atoms with Gasteiger partial charge in [0, 0.05) is 13.1 Å². The molecule has 0 spiro atoms. The largest absolute Gasteiger partial charge is 0.476 e. The summed E-state index contributed by atoms with van der Waals surface area (Å²) in [6.07, 6.45) is 4.40. The van der Waals surface area contributed by atoms with E-state index in [4.69, 9.17) is 20.3 Å². The van der Waals surface area contributed by atoms with Crippen LogP contribution in [0, 0.1) is 0 Å². The molecule has 7 nitrogen and oxygen atoms in total. The molecule has 3 N–H and O–H groups in total. The molecule has 1 aromatic rings. The van der Waals surface area contributed by atoms with Gasteiger partial charge in [0.15, 0.2) is 5.82 Å². The summed E-state index contributed by atoms with van der Waals surface area (Å²) in [4.78, 5) is 10.5. The molecule has 0 aromatic carbocycles. The molecule has 1 aromatic heterocycles. The lowest BCUT2D eigenvalue weighted by atomic mass is 10.1. The maximum Gasteiger partial charge on any atom is 0.242 e. The van der Waals surface area contributed by atoms with Crippen LogP contribution in [0.4, 0.5) is 11.5 Å². The number of hydrogen-bond donors (Lipinski definition) is 2. The molecule has 0 radical (unpaired) electrons. The van der Waals surface area contributed by atoms with Gasteiger partial charge >= 0.3 is 0 Å². The zero-order chi connectivity index (χ0) is 15.1. The van der Waals surface area contributed by atoms with Gasteiger partial charge in [0.25, 0.3) is 0 Å². The van der Waals surface area contributed by atoms with Gasteiger partial charge in [0.05, 0.1) is 25.9 Å². The van der Waals surface area contributed by atoms with Crippen molar-refractivity contribution in [3.63, 3.8) is 0 Å². The van der Waals surface area contributed by atoms with Gasteiger partial charge in [-0.25, -0.2) is 4.98 Å². The van der Waals surface area contributed by atoms with Crippen molar-refractivity contribution >= 4 is 11.5 Å². The van der Waals surface area contributed by atoms with Gasteiger partial charge in [-0.3, -0.25) is 0 Å². The fourth-order valence-corrected chi connectivity index (χ4v) is 2.39. The molecule has 1 aliphatic rings. The second-order valence-electron chi connectivity index (χ2n) is 5.05. The van der Waals surface area contributed by atoms with E-state index in [2.05, 4.69) is 14.9 Å². The minimum Gasteiger partial charge on any atom is -0.476 e. The maximum absolute atomic E-state index is 8.78. The first kappa shape index (κ1) is 15.8. The highest BCUT2D eigenvalue weighted by Gasteiger charge is 2.23. The summed E-state index contributed by atoms with van der Waals surface area (Å²) >= 11 is 0. The van der Waals surface area contributed by atoms with Crippen molar-refractivity contribution in [2.75, 3.05) is 43.5 Å². The Morgan fingerprint density at radius 3 is 2.76 bits per heavy atom. The monoisotopic (exact) mass is 296 g/mol. The van der Waals surface area contributed by atoms with Crippen LogP contribution in [0.3, 0.4) is 0 Å². The Balaban J connectivity index is 1.96. The van der Waals surface area contributed by atoms with E-state index < -0.39 is 0 Å². The van der Waals surface area contributed by atoms with Gasteiger partial charge < -0.3 is 25.2 Å². The van der Waals surface area contributed by atoms with Crippen LogP contribution >= 0.6 is 0 Å². The zero-order valence-electron chi connectivity index (χ0n) is 12.5. The summed E-state index contributed by atoms with van der Waals surface area (Å²) in [5.74, 6) is 1.19. The van der Waals surface area contributed by atoms with E-state index in [0.717, 1.165) is 38.2 Å². The number of ether oxygens (including phenoxy) is 2. The van der Waals surface area contributed by atoms with Gasteiger partial charge in [-0.05, 0) is 19.3 Å². The SMILES string of the molecule is CCCOc1ncnc(N2CCC(OCCO)CC2)c1N. The van der Waals surface area contributed by atoms with Crippen molar-refractivity contribution in [3.8, 4) is 5.88 Å². The Kier molecular flexibility index (Phi) is 6.01. The number of aromatic nitrogens is 2. The zero-order valence-corrected chi connectivity index (χ0v) is 12.5. The molecule has 1 fully saturated rings. The Hall–Kier alpha value is -1.60. The van der Waals surface area contributed by atoms with E-state index in [1.807, 2.05) is 6.92 Å². The van der Waals surface area contributed by atoms with Gasteiger partial charge in [-0.15, -0.1) is 0 Å². The molecule has 2 heterocycles. The summed E-state index contributed by atoms with van der Waals surface area (Å²) in [6.45, 7) is 4.74. The maximum atomic E-state index is 8.78. The second-order valence-corrected chi connectivity index (χ2v) is 5.05. The number of anilines is 2. The van der Waals surface area contributed by atoms with E-state index in [1.54, 1.807) is 0 Å². The third-order valence-electron chi connectivity index (χ3n) is 3.46. The van der Waals surface area contributed by atoms with Crippen LogP contribution in [-0.2, 0) is 4.74 Å². The minimum atomic E-state index is 0.0667. The first-order valence-corrected chi connectivity index (χ1v) is 7.47. The average Bonchev–Trinajstić information content (AvgIpc) is 2.52.